The number of rotatable bonds is 9. The molecule has 11 aromatic rings. The van der Waals surface area contributed by atoms with Crippen molar-refractivity contribution in [2.75, 3.05) is 4.90 Å². The zero-order valence-electron chi connectivity index (χ0n) is 37.6. The van der Waals surface area contributed by atoms with Gasteiger partial charge in [-0.15, -0.1) is 0 Å². The molecule has 0 atom stereocenters. The van der Waals surface area contributed by atoms with Crippen LogP contribution in [0, 0.1) is 27.7 Å². The first-order valence-corrected chi connectivity index (χ1v) is 22.6. The lowest BCUT2D eigenvalue weighted by Crippen LogP contribution is -2.09. The Morgan fingerprint density at radius 3 is 1.36 bits per heavy atom. The van der Waals surface area contributed by atoms with Gasteiger partial charge in [0.25, 0.3) is 0 Å². The predicted molar refractivity (Wildman–Crippen MR) is 277 cm³/mol. The second-order valence-corrected chi connectivity index (χ2v) is 17.5. The van der Waals surface area contributed by atoms with Crippen molar-refractivity contribution in [3.05, 3.63) is 241 Å². The lowest BCUT2D eigenvalue weighted by atomic mass is 9.98. The molecule has 0 aliphatic rings. The maximum Gasteiger partial charge on any atom is 0.160 e. The van der Waals surface area contributed by atoms with Crippen molar-refractivity contribution in [2.45, 2.75) is 27.7 Å². The third kappa shape index (κ3) is 7.84. The molecule has 0 N–H and O–H groups in total. The van der Waals surface area contributed by atoms with Gasteiger partial charge in [0.15, 0.2) is 5.82 Å². The number of benzene rings is 9. The van der Waals surface area contributed by atoms with Gasteiger partial charge in [-0.3, -0.25) is 0 Å². The molecule has 0 fully saturated rings. The summed E-state index contributed by atoms with van der Waals surface area (Å²) in [7, 11) is 0. The smallest absolute Gasteiger partial charge is 0.160 e. The molecule has 0 unspecified atom stereocenters. The molecule has 9 aromatic carbocycles. The van der Waals surface area contributed by atoms with Crippen molar-refractivity contribution in [3.8, 4) is 61.8 Å². The maximum atomic E-state index is 5.08. The molecule has 0 aliphatic carbocycles. The molecule has 0 aliphatic heterocycles. The number of nitrogens with zero attached hydrogens (tertiary/aromatic N) is 4. The van der Waals surface area contributed by atoms with Gasteiger partial charge < -0.3 is 9.47 Å². The molecule has 4 nitrogen and oxygen atoms in total. The standard InChI is InChI=1S/C62H48N4/c1-41-15-29-52(30-16-41)65(53-31-17-42(2)18-32-53)55-35-36-61-57(39-55)56-13-5-6-14-60(56)66(61)54-33-27-48(28-34-54)46-21-19-45(20-22-46)47-23-25-49(26-24-47)58-40-59(50-11-7-9-43(3)37-50)64-62(63-58)51-12-8-10-44(4)38-51/h5-40H,1-4H3. The highest BCUT2D eigenvalue weighted by Crippen LogP contribution is 2.40. The van der Waals surface area contributed by atoms with Crippen LogP contribution in [-0.2, 0) is 0 Å². The van der Waals surface area contributed by atoms with Gasteiger partial charge in [-0.2, -0.15) is 0 Å². The molecule has 0 saturated carbocycles. The quantitative estimate of drug-likeness (QED) is 0.145. The SMILES string of the molecule is Cc1ccc(N(c2ccc(C)cc2)c2ccc3c(c2)c2ccccc2n3-c2ccc(-c3ccc(-c4ccc(-c5cc(-c6cccc(C)c6)nc(-c6cccc(C)c6)n5)cc4)cc3)cc2)cc1. The van der Waals surface area contributed by atoms with Crippen LogP contribution in [0.3, 0.4) is 0 Å². The lowest BCUT2D eigenvalue weighted by molar-refractivity contribution is 1.18. The van der Waals surface area contributed by atoms with Crippen LogP contribution in [0.4, 0.5) is 17.1 Å². The van der Waals surface area contributed by atoms with E-state index < -0.39 is 0 Å². The molecule has 11 rings (SSSR count). The number of aromatic nitrogens is 3. The largest absolute Gasteiger partial charge is 0.310 e. The highest BCUT2D eigenvalue weighted by Gasteiger charge is 2.18. The summed E-state index contributed by atoms with van der Waals surface area (Å²) >= 11 is 0. The van der Waals surface area contributed by atoms with E-state index >= 15 is 0 Å². The first kappa shape index (κ1) is 40.4. The summed E-state index contributed by atoms with van der Waals surface area (Å²) in [6.45, 7) is 8.49. The summed E-state index contributed by atoms with van der Waals surface area (Å²) in [6, 6.07) is 78.8. The molecular weight excluding hydrogens is 801 g/mol. The van der Waals surface area contributed by atoms with Crippen LogP contribution in [0.5, 0.6) is 0 Å². The summed E-state index contributed by atoms with van der Waals surface area (Å²) in [4.78, 5) is 12.5. The number of aryl methyl sites for hydroxylation is 4. The van der Waals surface area contributed by atoms with E-state index in [1.807, 2.05) is 0 Å². The molecule has 0 amide bonds. The van der Waals surface area contributed by atoms with Crippen LogP contribution in [0.25, 0.3) is 83.6 Å². The van der Waals surface area contributed by atoms with Crippen LogP contribution in [0.2, 0.25) is 0 Å². The Morgan fingerprint density at radius 2 is 0.788 bits per heavy atom. The first-order chi connectivity index (χ1) is 32.3. The van der Waals surface area contributed by atoms with Crippen molar-refractivity contribution < 1.29 is 0 Å². The highest BCUT2D eigenvalue weighted by atomic mass is 15.1. The summed E-state index contributed by atoms with van der Waals surface area (Å²) in [5, 5.41) is 2.45. The van der Waals surface area contributed by atoms with Crippen LogP contribution in [-0.4, -0.2) is 14.5 Å². The second kappa shape index (κ2) is 17.0. The Kier molecular flexibility index (Phi) is 10.4. The van der Waals surface area contributed by atoms with Gasteiger partial charge in [-0.1, -0.05) is 162 Å². The van der Waals surface area contributed by atoms with Crippen LogP contribution >= 0.6 is 0 Å². The monoisotopic (exact) mass is 848 g/mol. The van der Waals surface area contributed by atoms with E-state index in [4.69, 9.17) is 9.97 Å². The van der Waals surface area contributed by atoms with Gasteiger partial charge in [0.1, 0.15) is 0 Å². The van der Waals surface area contributed by atoms with Gasteiger partial charge in [-0.25, -0.2) is 9.97 Å². The number of hydrogen-bond acceptors (Lipinski definition) is 3. The fourth-order valence-electron chi connectivity index (χ4n) is 9.17. The molecule has 0 bridgehead atoms. The minimum absolute atomic E-state index is 0.726. The fraction of sp³-hybridized carbons (Fsp3) is 0.0645. The van der Waals surface area contributed by atoms with E-state index in [-0.39, 0.29) is 0 Å². The molecule has 0 saturated heterocycles. The summed E-state index contributed by atoms with van der Waals surface area (Å²) in [6.07, 6.45) is 0. The minimum atomic E-state index is 0.726. The molecule has 0 spiro atoms. The third-order valence-electron chi connectivity index (χ3n) is 12.7. The average molecular weight is 849 g/mol. The molecular formula is C62H48N4. The van der Waals surface area contributed by atoms with E-state index in [2.05, 4.69) is 256 Å². The number of anilines is 3. The Balaban J connectivity index is 0.874. The average Bonchev–Trinajstić information content (AvgIpc) is 3.69. The van der Waals surface area contributed by atoms with Gasteiger partial charge in [0, 0.05) is 50.2 Å². The predicted octanol–water partition coefficient (Wildman–Crippen LogP) is 16.6. The first-order valence-electron chi connectivity index (χ1n) is 22.6. The van der Waals surface area contributed by atoms with E-state index in [1.165, 1.54) is 60.8 Å². The Hall–Kier alpha value is -8.34. The summed E-state index contributed by atoms with van der Waals surface area (Å²) in [5.41, 5.74) is 21.4. The Labute approximate surface area is 386 Å². The van der Waals surface area contributed by atoms with Crippen LogP contribution in [0.15, 0.2) is 218 Å². The van der Waals surface area contributed by atoms with Gasteiger partial charge in [0.2, 0.25) is 0 Å². The second-order valence-electron chi connectivity index (χ2n) is 17.5. The van der Waals surface area contributed by atoms with Gasteiger partial charge >= 0.3 is 0 Å². The van der Waals surface area contributed by atoms with E-state index in [0.29, 0.717) is 0 Å². The maximum absolute atomic E-state index is 5.08. The molecule has 2 aromatic heterocycles. The van der Waals surface area contributed by atoms with Gasteiger partial charge in [0.05, 0.1) is 22.4 Å². The molecule has 66 heavy (non-hydrogen) atoms. The minimum Gasteiger partial charge on any atom is -0.310 e. The molecule has 316 valence electrons. The van der Waals surface area contributed by atoms with E-state index in [0.717, 1.165) is 62.2 Å². The van der Waals surface area contributed by atoms with Crippen molar-refractivity contribution in [1.82, 2.24) is 14.5 Å². The van der Waals surface area contributed by atoms with Crippen molar-refractivity contribution in [2.24, 2.45) is 0 Å². The zero-order chi connectivity index (χ0) is 44.7. The summed E-state index contributed by atoms with van der Waals surface area (Å²) in [5.74, 6) is 0.726. The molecule has 2 heterocycles. The van der Waals surface area contributed by atoms with Crippen LogP contribution < -0.4 is 4.90 Å². The Bertz CT molecular complexity index is 3420. The Morgan fingerprint density at radius 1 is 0.318 bits per heavy atom. The lowest BCUT2D eigenvalue weighted by Gasteiger charge is -2.26. The number of para-hydroxylation sites is 1. The normalized spacial score (nSPS) is 11.3. The van der Waals surface area contributed by atoms with E-state index in [9.17, 15) is 0 Å². The van der Waals surface area contributed by atoms with Crippen molar-refractivity contribution >= 4 is 38.9 Å². The number of fused-ring (bicyclic) bond motifs is 3. The third-order valence-corrected chi connectivity index (χ3v) is 12.7. The number of hydrogen-bond donors (Lipinski definition) is 0. The van der Waals surface area contributed by atoms with Crippen molar-refractivity contribution in [1.29, 1.82) is 0 Å². The van der Waals surface area contributed by atoms with Gasteiger partial charge in [-0.05, 0) is 129 Å². The van der Waals surface area contributed by atoms with Crippen LogP contribution in [0.1, 0.15) is 22.3 Å². The van der Waals surface area contributed by atoms with Crippen molar-refractivity contribution in [3.63, 3.8) is 0 Å². The zero-order valence-corrected chi connectivity index (χ0v) is 37.6. The fourth-order valence-corrected chi connectivity index (χ4v) is 9.17. The summed E-state index contributed by atoms with van der Waals surface area (Å²) < 4.78 is 2.39. The molecule has 4 heteroatoms. The molecule has 0 radical (unpaired) electrons. The van der Waals surface area contributed by atoms with E-state index in [1.54, 1.807) is 0 Å². The highest BCUT2D eigenvalue weighted by molar-refractivity contribution is 6.10. The topological polar surface area (TPSA) is 34.0 Å².